The second-order valence-electron chi connectivity index (χ2n) is 6.50. The summed E-state index contributed by atoms with van der Waals surface area (Å²) in [6.45, 7) is 0.550. The summed E-state index contributed by atoms with van der Waals surface area (Å²) < 4.78 is 0. The van der Waals surface area contributed by atoms with Crippen LogP contribution in [0.15, 0.2) is 58.4 Å². The van der Waals surface area contributed by atoms with Crippen molar-refractivity contribution in [2.24, 2.45) is 10.4 Å². The third-order valence-electron chi connectivity index (χ3n) is 5.29. The van der Waals surface area contributed by atoms with Crippen LogP contribution in [0.5, 0.6) is 0 Å². The molecule has 114 valence electrons. The third-order valence-corrected chi connectivity index (χ3v) is 5.29. The maximum atomic E-state index is 5.09. The van der Waals surface area contributed by atoms with Crippen LogP contribution in [-0.4, -0.2) is 6.61 Å². The van der Waals surface area contributed by atoms with Crippen molar-refractivity contribution < 1.29 is 4.84 Å². The average molecular weight is 302 g/mol. The van der Waals surface area contributed by atoms with Crippen LogP contribution in [0.1, 0.15) is 42.0 Å². The van der Waals surface area contributed by atoms with Crippen molar-refractivity contribution in [1.29, 1.82) is 0 Å². The van der Waals surface area contributed by atoms with E-state index in [4.69, 9.17) is 4.84 Å². The van der Waals surface area contributed by atoms with E-state index in [-0.39, 0.29) is 6.04 Å². The van der Waals surface area contributed by atoms with Gasteiger partial charge in [0.05, 0.1) is 0 Å². The van der Waals surface area contributed by atoms with Crippen LogP contribution in [-0.2, 0) is 11.3 Å². The van der Waals surface area contributed by atoms with Gasteiger partial charge in [-0.1, -0.05) is 48.1 Å². The highest BCUT2D eigenvalue weighted by atomic mass is 16.7. The molecule has 3 aliphatic rings. The molecule has 0 saturated heterocycles. The molecule has 0 N–H and O–H groups in total. The fraction of sp³-hybridized carbons (Fsp3) is 0.300. The summed E-state index contributed by atoms with van der Waals surface area (Å²) in [5, 5.41) is 10.6. The molecule has 1 heterocycles. The van der Waals surface area contributed by atoms with Gasteiger partial charge in [-0.05, 0) is 58.7 Å². The monoisotopic (exact) mass is 302 g/mol. The standard InChI is InChI=1S/C20H18N2O/c1-2-5-14-13(4-1)8-9-17-15-6-3-7-19(20-12-23-22-21-20)18(15)11-10-16(14)17/h2-3,5-7,10-11,20H,1,4,8-9,12H2. The molecule has 1 unspecified atom stereocenters. The highest BCUT2D eigenvalue weighted by molar-refractivity contribution is 5.95. The number of nitrogens with zero attached hydrogens (tertiary/aromatic N) is 2. The summed E-state index contributed by atoms with van der Waals surface area (Å²) in [5.74, 6) is 0. The van der Waals surface area contributed by atoms with Gasteiger partial charge in [0.2, 0.25) is 0 Å². The number of rotatable bonds is 1. The average Bonchev–Trinajstić information content (AvgIpc) is 3.15. The first-order chi connectivity index (χ1) is 11.4. The smallest absolute Gasteiger partial charge is 0.147 e. The Bertz CT molecular complexity index is 892. The molecule has 2 aliphatic carbocycles. The Balaban J connectivity index is 1.73. The summed E-state index contributed by atoms with van der Waals surface area (Å²) in [6, 6.07) is 11.1. The highest BCUT2D eigenvalue weighted by Crippen LogP contribution is 2.41. The number of fused-ring (bicyclic) bond motifs is 4. The number of benzene rings is 2. The zero-order chi connectivity index (χ0) is 15.2. The summed E-state index contributed by atoms with van der Waals surface area (Å²) in [6.07, 6.45) is 9.39. The first kappa shape index (κ1) is 13.1. The molecule has 2 aromatic rings. The Kier molecular flexibility index (Phi) is 2.87. The van der Waals surface area contributed by atoms with Gasteiger partial charge >= 0.3 is 0 Å². The van der Waals surface area contributed by atoms with Crippen molar-refractivity contribution in [3.63, 3.8) is 0 Å². The molecule has 5 rings (SSSR count). The fourth-order valence-electron chi connectivity index (χ4n) is 4.16. The van der Waals surface area contributed by atoms with E-state index in [0.29, 0.717) is 6.61 Å². The topological polar surface area (TPSA) is 34.0 Å². The molecular formula is C20H18N2O. The van der Waals surface area contributed by atoms with Crippen molar-refractivity contribution in [3.05, 3.63) is 64.7 Å². The van der Waals surface area contributed by atoms with E-state index in [1.165, 1.54) is 52.3 Å². The molecule has 23 heavy (non-hydrogen) atoms. The molecule has 0 saturated carbocycles. The molecule has 0 fully saturated rings. The molecule has 0 bridgehead atoms. The maximum absolute atomic E-state index is 5.09. The zero-order valence-electron chi connectivity index (χ0n) is 13.0. The molecule has 0 radical (unpaired) electrons. The van der Waals surface area contributed by atoms with Crippen LogP contribution >= 0.6 is 0 Å². The number of aryl methyl sites for hydroxylation is 1. The Morgan fingerprint density at radius 2 is 2.00 bits per heavy atom. The first-order valence-corrected chi connectivity index (χ1v) is 8.37. The van der Waals surface area contributed by atoms with E-state index in [9.17, 15) is 0 Å². The molecular weight excluding hydrogens is 284 g/mol. The number of hydrogen-bond acceptors (Lipinski definition) is 3. The van der Waals surface area contributed by atoms with E-state index in [0.717, 1.165) is 6.42 Å². The van der Waals surface area contributed by atoms with Gasteiger partial charge in [0.15, 0.2) is 0 Å². The van der Waals surface area contributed by atoms with Crippen LogP contribution in [0, 0.1) is 0 Å². The van der Waals surface area contributed by atoms with E-state index in [1.54, 1.807) is 5.57 Å². The van der Waals surface area contributed by atoms with Crippen molar-refractivity contribution >= 4 is 16.3 Å². The van der Waals surface area contributed by atoms with Crippen LogP contribution in [0.2, 0.25) is 0 Å². The quantitative estimate of drug-likeness (QED) is 0.701. The SMILES string of the molecule is C1=CC2=C(CC1)CCc1c2ccc2c(C3CON=N3)cccc12. The zero-order valence-corrected chi connectivity index (χ0v) is 13.0. The first-order valence-electron chi connectivity index (χ1n) is 8.37. The van der Waals surface area contributed by atoms with Gasteiger partial charge in [0.1, 0.15) is 12.6 Å². The van der Waals surface area contributed by atoms with Crippen molar-refractivity contribution in [2.75, 3.05) is 6.61 Å². The van der Waals surface area contributed by atoms with E-state index >= 15 is 0 Å². The van der Waals surface area contributed by atoms with Gasteiger partial charge in [-0.15, -0.1) is 5.11 Å². The molecule has 3 nitrogen and oxygen atoms in total. The van der Waals surface area contributed by atoms with Gasteiger partial charge in [-0.3, -0.25) is 0 Å². The van der Waals surface area contributed by atoms with Gasteiger partial charge in [0.25, 0.3) is 0 Å². The Labute approximate surface area is 135 Å². The normalized spacial score (nSPS) is 22.2. The number of allylic oxidation sites excluding steroid dienone is 4. The summed E-state index contributed by atoms with van der Waals surface area (Å²) >= 11 is 0. The predicted molar refractivity (Wildman–Crippen MR) is 91.1 cm³/mol. The molecule has 0 aromatic heterocycles. The third kappa shape index (κ3) is 1.96. The van der Waals surface area contributed by atoms with E-state index in [2.05, 4.69) is 52.9 Å². The minimum absolute atomic E-state index is 0.0321. The molecule has 1 aliphatic heterocycles. The van der Waals surface area contributed by atoms with Crippen molar-refractivity contribution in [2.45, 2.75) is 31.7 Å². The van der Waals surface area contributed by atoms with Crippen LogP contribution < -0.4 is 0 Å². The predicted octanol–water partition coefficient (Wildman–Crippen LogP) is 5.33. The second kappa shape index (κ2) is 5.05. The van der Waals surface area contributed by atoms with Gasteiger partial charge in [0, 0.05) is 5.28 Å². The minimum Gasteiger partial charge on any atom is -0.377 e. The molecule has 2 aromatic carbocycles. The molecule has 3 heteroatoms. The van der Waals surface area contributed by atoms with Crippen molar-refractivity contribution in [1.82, 2.24) is 0 Å². The molecule has 0 spiro atoms. The van der Waals surface area contributed by atoms with E-state index in [1.807, 2.05) is 0 Å². The highest BCUT2D eigenvalue weighted by Gasteiger charge is 2.23. The summed E-state index contributed by atoms with van der Waals surface area (Å²) in [4.78, 5) is 5.09. The number of hydrogen-bond donors (Lipinski definition) is 0. The fourth-order valence-corrected chi connectivity index (χ4v) is 4.16. The lowest BCUT2D eigenvalue weighted by Gasteiger charge is -2.26. The Morgan fingerprint density at radius 1 is 1.00 bits per heavy atom. The van der Waals surface area contributed by atoms with Gasteiger partial charge in [-0.25, -0.2) is 0 Å². The molecule has 0 amide bonds. The molecule has 1 atom stereocenters. The van der Waals surface area contributed by atoms with Crippen LogP contribution in [0.3, 0.4) is 0 Å². The minimum atomic E-state index is 0.0321. The Morgan fingerprint density at radius 3 is 2.91 bits per heavy atom. The maximum Gasteiger partial charge on any atom is 0.147 e. The summed E-state index contributed by atoms with van der Waals surface area (Å²) in [5.41, 5.74) is 7.24. The summed E-state index contributed by atoms with van der Waals surface area (Å²) in [7, 11) is 0. The second-order valence-corrected chi connectivity index (χ2v) is 6.50. The van der Waals surface area contributed by atoms with Gasteiger partial charge in [-0.2, -0.15) is 0 Å². The largest absolute Gasteiger partial charge is 0.377 e. The van der Waals surface area contributed by atoms with E-state index < -0.39 is 0 Å². The van der Waals surface area contributed by atoms with Crippen LogP contribution in [0.25, 0.3) is 16.3 Å². The van der Waals surface area contributed by atoms with Crippen molar-refractivity contribution in [3.8, 4) is 0 Å². The van der Waals surface area contributed by atoms with Crippen LogP contribution in [0.4, 0.5) is 0 Å². The lowest BCUT2D eigenvalue weighted by molar-refractivity contribution is 0.164. The lowest BCUT2D eigenvalue weighted by Crippen LogP contribution is -2.08. The van der Waals surface area contributed by atoms with Gasteiger partial charge < -0.3 is 4.84 Å². The lowest BCUT2D eigenvalue weighted by atomic mass is 9.79. The Hall–Kier alpha value is -2.42.